The number of carbonyl (C=O) groups excluding carboxylic acids is 1. The first kappa shape index (κ1) is 87.6. The fourth-order valence-corrected chi connectivity index (χ4v) is 16.1. The monoisotopic (exact) mass is 2170 g/mol. The second kappa shape index (κ2) is 52.2. The minimum Gasteiger partial charge on any atom is -0.397 e. The van der Waals surface area contributed by atoms with Crippen molar-refractivity contribution in [3.8, 4) is 0 Å². The number of nitro benzene ring substituents is 3. The summed E-state index contributed by atoms with van der Waals surface area (Å²) in [5.41, 5.74) is 14.4. The van der Waals surface area contributed by atoms with Gasteiger partial charge in [0, 0.05) is 140 Å². The summed E-state index contributed by atoms with van der Waals surface area (Å²) in [7, 11) is 0. The van der Waals surface area contributed by atoms with Crippen molar-refractivity contribution in [2.45, 2.75) is 34.3 Å². The van der Waals surface area contributed by atoms with Crippen LogP contribution in [0.5, 0.6) is 0 Å². The summed E-state index contributed by atoms with van der Waals surface area (Å²) in [4.78, 5) is 83.6. The number of nitro groups is 3. The molecular formula is C88H68Cl2F9N33O7S7. The molecule has 146 heavy (non-hydrogen) atoms. The molecule has 0 aliphatic heterocycles. The molecule has 0 unspecified atom stereocenters. The number of thioether (sulfide) groups is 7. The molecule has 0 fully saturated rings. The van der Waals surface area contributed by atoms with Crippen LogP contribution in [0.2, 0.25) is 10.0 Å². The van der Waals surface area contributed by atoms with Crippen molar-refractivity contribution < 1.29 is 78.3 Å². The van der Waals surface area contributed by atoms with Crippen LogP contribution in [0.4, 0.5) is 137 Å². The maximum absolute atomic E-state index is 13.6. The predicted octanol–water partition coefficient (Wildman–Crippen LogP) is 24.8. The van der Waals surface area contributed by atoms with Gasteiger partial charge in [-0.05, 0) is 158 Å². The van der Waals surface area contributed by atoms with Gasteiger partial charge in [-0.2, -0.15) is 30.6 Å². The molecule has 13 heterocycles. The zero-order valence-electron chi connectivity index (χ0n) is 86.5. The van der Waals surface area contributed by atoms with Gasteiger partial charge in [-0.15, -0.1) is 0 Å². The highest BCUT2D eigenvalue weighted by atomic mass is 35.5. The second-order valence-corrected chi connectivity index (χ2v) is 34.1. The molecule has 0 bridgehead atoms. The maximum atomic E-state index is 13.6. The molecule has 58 heteroatoms. The quantitative estimate of drug-likeness (QED) is 0.00830. The Kier molecular flexibility index (Phi) is 31.4. The number of nitrogens with zero attached hydrogens (tertiary/aromatic N) is 19. The number of nitrogens with two attached hydrogens (primary N) is 1. The van der Waals surface area contributed by atoms with Crippen molar-refractivity contribution >= 4 is 276 Å². The number of H-pyrrole nitrogens is 6. The third-order valence-electron chi connectivity index (χ3n) is 18.7. The van der Waals surface area contributed by atoms with E-state index in [0.29, 0.717) is 153 Å². The molecule has 20 aromatic rings. The van der Waals surface area contributed by atoms with Crippen LogP contribution in [-0.2, 0) is 0 Å². The van der Waals surface area contributed by atoms with Crippen molar-refractivity contribution in [2.75, 3.05) is 84.7 Å². The normalized spacial score (nSPS) is 12.9. The number of rotatable bonds is 31. The number of nitrogens with one attached hydrogen (secondary N) is 13. The van der Waals surface area contributed by atoms with Crippen molar-refractivity contribution in [2.24, 2.45) is 0 Å². The maximum Gasteiger partial charge on any atom is 0.283 e. The van der Waals surface area contributed by atoms with Crippen LogP contribution >= 0.6 is 106 Å². The van der Waals surface area contributed by atoms with E-state index in [0.717, 1.165) is 35.3 Å². The largest absolute Gasteiger partial charge is 0.397 e. The zero-order valence-corrected chi connectivity index (χ0v) is 79.7. The fourth-order valence-electron chi connectivity index (χ4n) is 12.4. The number of hydrogen-bond acceptors (Lipinski definition) is 37. The van der Waals surface area contributed by atoms with Gasteiger partial charge in [0.25, 0.3) is 23.0 Å². The van der Waals surface area contributed by atoms with E-state index in [1.54, 1.807) is 91.5 Å². The van der Waals surface area contributed by atoms with Crippen molar-refractivity contribution in [3.63, 3.8) is 0 Å². The number of pyridine rings is 4. The van der Waals surface area contributed by atoms with E-state index in [9.17, 15) is 74.7 Å². The molecule has 7 aromatic carbocycles. The van der Waals surface area contributed by atoms with Crippen molar-refractivity contribution in [1.82, 2.24) is 111 Å². The predicted molar refractivity (Wildman–Crippen MR) is 551 cm³/mol. The van der Waals surface area contributed by atoms with Crippen LogP contribution < -0.4 is 43.0 Å². The van der Waals surface area contributed by atoms with Gasteiger partial charge in [-0.3, -0.25) is 80.7 Å². The Labute approximate surface area is 874 Å². The molecule has 0 spiro atoms. The van der Waals surface area contributed by atoms with Crippen LogP contribution in [-0.4, -0.2) is 173 Å². The molecule has 40 nitrogen and oxygen atoms in total. The number of fused-ring (bicyclic) bond motifs is 6. The van der Waals surface area contributed by atoms with Crippen LogP contribution in [0.3, 0.4) is 0 Å². The minimum absolute atomic E-state index is 0.0293. The fraction of sp³-hybridized carbons (Fsp3) is 0.0795. The topological polar surface area (TPSA) is 558 Å². The summed E-state index contributed by atoms with van der Waals surface area (Å²) in [5, 5.41) is 94.5. The summed E-state index contributed by atoms with van der Waals surface area (Å²) >= 11 is 13.3. The van der Waals surface area contributed by atoms with E-state index in [2.05, 4.69) is 148 Å². The third-order valence-corrected chi connectivity index (χ3v) is 23.9. The number of alkyl halides is 7. The summed E-state index contributed by atoms with van der Waals surface area (Å²) in [5.74, 6) is -20.7. The average Bonchev–Trinajstić information content (AvgIpc) is 1.71. The van der Waals surface area contributed by atoms with Crippen LogP contribution in [0.15, 0.2) is 272 Å². The Hall–Kier alpha value is -16.1. The van der Waals surface area contributed by atoms with Gasteiger partial charge in [0.05, 0.1) is 80.9 Å². The van der Waals surface area contributed by atoms with Gasteiger partial charge < -0.3 is 43.0 Å². The number of amides is 1. The standard InChI is InChI=1S/C13H10ClFN4S.C13H10F2N4S.C13H10FN5O2S.C13H11FN4O3S.C12H9ClFN5S.C12H9F2N5S.C12H9FN6O2S/c14-9-4-3-8(6-11(9)20-7-15)17-13-12-10(18-19-13)2-1-5-16-12;14-7-20-11-6-8(3-4-9(11)15)17-13-12-10(18-19-13)2-1-5-16-12;14-7-22-11-6-8(3-4-10(11)19(20)21)16-13-12-9(17-18-13)2-1-5-15-12;14-7-22-11-6-8(3-4-10(11)18(20)21)17-13(19)12-9(15)2-1-5-16-12;13-8-2-1-7(5-9(8)20-6-14)17-12-10-11(18-19-12)16-4-3-15-10;13-6-20-9-5-7(1-2-8(9)14)17-12-10-11(18-19-12)16-4-3-15-10;13-6-22-9-5-7(1-2-8(9)19(20)21)16-12-10-11(17-18-12)15-4-3-14-10/h2*1-6H,7H2,(H2,17,18,19);1-6H,7H2,(H2,16,17,18);1-6H,7,15H2,(H,17,19);2*1-5H,6H2,(H2,16,17,18,19);1-5H,6H2,(H2,15,16,17,18)/i7D2,15-1;3*7D2,14-1;6D2,14-1;2*6D2,13-1. The molecule has 0 aliphatic rings. The average molecular weight is 2170 g/mol. The Morgan fingerprint density at radius 2 is 0.603 bits per heavy atom. The molecule has 746 valence electrons. The van der Waals surface area contributed by atoms with Crippen LogP contribution in [0.1, 0.15) is 29.7 Å². The summed E-state index contributed by atoms with van der Waals surface area (Å²) in [6, 6.07) is 42.4. The van der Waals surface area contributed by atoms with Gasteiger partial charge in [0.1, 0.15) is 69.9 Å². The number of anilines is 14. The molecule has 1 amide bonds. The zero-order chi connectivity index (χ0) is 116. The Balaban J connectivity index is 0.000000146. The van der Waals surface area contributed by atoms with Crippen molar-refractivity contribution in [1.29, 1.82) is 0 Å². The van der Waals surface area contributed by atoms with E-state index in [1.807, 2.05) is 12.1 Å². The van der Waals surface area contributed by atoms with Gasteiger partial charge in [0.15, 0.2) is 57.2 Å². The number of aromatic nitrogens is 22. The van der Waals surface area contributed by atoms with Gasteiger partial charge in [-0.1, -0.05) is 106 Å². The number of aromatic amines is 6. The molecule has 0 aliphatic carbocycles. The van der Waals surface area contributed by atoms with E-state index in [-0.39, 0.29) is 127 Å². The molecule has 0 saturated carbocycles. The lowest BCUT2D eigenvalue weighted by Crippen LogP contribution is -2.15. The Morgan fingerprint density at radius 3 is 0.945 bits per heavy atom. The Bertz CT molecular complexity index is 7980. The summed E-state index contributed by atoms with van der Waals surface area (Å²) < 4.78 is 217. The second-order valence-electron chi connectivity index (χ2n) is 27.7. The van der Waals surface area contributed by atoms with Gasteiger partial charge in [-0.25, -0.2) is 74.4 Å². The first-order valence-corrected chi connectivity index (χ1v) is 46.7. The van der Waals surface area contributed by atoms with E-state index >= 15 is 0 Å². The molecule has 13 aromatic heterocycles. The Morgan fingerprint density at radius 1 is 0.329 bits per heavy atom. The SMILES string of the molecule is [2H]C([2H])([18F])Sc1cc(NC(=O)c2ncccc2N)ccc1[N+](=O)[O-].[2H]C([2H])([18F])Sc1cc(Nc2[nH]nc3nccnc23)ccc1Cl.[2H]C([2H])([18F])Sc1cc(Nc2[nH]nc3nccnc23)ccc1F.[2H]C([2H])([18F])Sc1cc(Nc2[nH]nc3nccnc23)ccc1[N+](=O)[O-].[2H]C([2H])([18F])Sc1cc(Nc2n[nH]c3cccnc23)ccc1Cl.[2H]C([2H])([18F])Sc1cc(Nc2n[nH]c3cccnc23)ccc1F.[2H]C([2H])([18F])Sc1cc(Nc2n[nH]c3cccnc23)ccc1[N+](=O)[O-]. The van der Waals surface area contributed by atoms with Crippen LogP contribution in [0.25, 0.3) is 66.6 Å². The number of hydrogen-bond donors (Lipinski definition) is 14. The number of nitrogen functional groups attached to an aromatic ring is 1. The van der Waals surface area contributed by atoms with E-state index < -0.39 is 79.7 Å². The molecule has 20 rings (SSSR count). The highest BCUT2D eigenvalue weighted by molar-refractivity contribution is 8.00. The molecule has 15 N–H and O–H groups in total. The number of benzene rings is 7. The highest BCUT2D eigenvalue weighted by Gasteiger charge is 2.23. The van der Waals surface area contributed by atoms with E-state index in [1.165, 1.54) is 110 Å². The molecule has 0 atom stereocenters. The van der Waals surface area contributed by atoms with E-state index in [4.69, 9.17) is 48.1 Å². The summed E-state index contributed by atoms with van der Waals surface area (Å²) in [6.45, 7) is 0. The first-order valence-electron chi connectivity index (χ1n) is 47.2. The number of carbonyl (C=O) groups is 1. The van der Waals surface area contributed by atoms with Crippen LogP contribution in [0, 0.1) is 42.0 Å². The van der Waals surface area contributed by atoms with Gasteiger partial charge in [0.2, 0.25) is 16.9 Å². The lowest BCUT2D eigenvalue weighted by molar-refractivity contribution is -0.387. The van der Waals surface area contributed by atoms with Gasteiger partial charge >= 0.3 is 0 Å². The molecular weight excluding hydrogens is 2090 g/mol. The smallest absolute Gasteiger partial charge is 0.283 e. The molecule has 0 radical (unpaired) electrons. The minimum atomic E-state index is -3.21. The lowest BCUT2D eigenvalue weighted by atomic mass is 10.2. The van der Waals surface area contributed by atoms with Crippen molar-refractivity contribution in [3.05, 3.63) is 296 Å². The molecule has 0 saturated heterocycles. The number of halogens is 11. The summed E-state index contributed by atoms with van der Waals surface area (Å²) in [6.07, 6.45) is 15.3. The lowest BCUT2D eigenvalue weighted by Gasteiger charge is -2.08. The third kappa shape index (κ3) is 28.1. The first-order chi connectivity index (χ1) is 75.5. The highest BCUT2D eigenvalue weighted by Crippen LogP contribution is 2.40.